The summed E-state index contributed by atoms with van der Waals surface area (Å²) in [4.78, 5) is 24.2. The van der Waals surface area contributed by atoms with Crippen LogP contribution in [-0.2, 0) is 29.2 Å². The summed E-state index contributed by atoms with van der Waals surface area (Å²) in [6.45, 7) is 5.91. The summed E-state index contributed by atoms with van der Waals surface area (Å²) in [7, 11) is -6.55. The van der Waals surface area contributed by atoms with Gasteiger partial charge >= 0.3 is 33.5 Å². The lowest BCUT2D eigenvalue weighted by molar-refractivity contribution is -0.259. The highest BCUT2D eigenvalue weighted by atomic mass is 32.2. The molecule has 0 aromatic rings. The second-order valence-electron chi connectivity index (χ2n) is 14.8. The summed E-state index contributed by atoms with van der Waals surface area (Å²) < 4.78 is 105. The average molecular weight is 707 g/mol. The van der Waals surface area contributed by atoms with E-state index in [1.54, 1.807) is 0 Å². The predicted octanol–water partition coefficient (Wildman–Crippen LogP) is 4.64. The van der Waals surface area contributed by atoms with E-state index in [0.717, 1.165) is 25.7 Å². The number of ether oxygens (including phenoxy) is 2. The number of hydrogen-bond donors (Lipinski definition) is 4. The van der Waals surface area contributed by atoms with E-state index in [1.807, 2.05) is 6.92 Å². The van der Waals surface area contributed by atoms with Gasteiger partial charge in [-0.2, -0.15) is 30.4 Å². The summed E-state index contributed by atoms with van der Waals surface area (Å²) in [5.41, 5.74) is -0.523. The van der Waals surface area contributed by atoms with Crippen molar-refractivity contribution < 1.29 is 69.3 Å². The number of esters is 2. The normalized spacial score (nSPS) is 38.8. The Hall–Kier alpha value is -1.62. The Morgan fingerprint density at radius 3 is 2.21 bits per heavy atom. The van der Waals surface area contributed by atoms with E-state index in [4.69, 9.17) is 9.29 Å². The molecule has 12 atom stereocenters. The van der Waals surface area contributed by atoms with Gasteiger partial charge in [-0.25, -0.2) is 0 Å². The Morgan fingerprint density at radius 2 is 1.60 bits per heavy atom. The highest BCUT2D eigenvalue weighted by Crippen LogP contribution is 2.68. The van der Waals surface area contributed by atoms with Gasteiger partial charge in [0, 0.05) is 12.8 Å². The molecule has 4 aliphatic carbocycles. The molecule has 0 aromatic heterocycles. The molecule has 10 nitrogen and oxygen atoms in total. The van der Waals surface area contributed by atoms with Crippen LogP contribution in [0, 0.1) is 46.3 Å². The lowest BCUT2D eigenvalue weighted by Crippen LogP contribution is -2.62. The SMILES string of the molecule is C[C@H](CCC(=O)OCCCC(=O)OC(C(F)(F)F)C(F)(F)S(=O)(=O)O)[C@H]1CC[C@H]2[C@@H]3C(O)C[C@@H]4CC(O)CC[C@]4(C)[C@H]3CC(O)[C@]12C. The van der Waals surface area contributed by atoms with E-state index >= 15 is 0 Å². The first-order valence-corrected chi connectivity index (χ1v) is 17.8. The second-order valence-corrected chi connectivity index (χ2v) is 16.3. The summed E-state index contributed by atoms with van der Waals surface area (Å²) in [6.07, 6.45) is -7.66. The highest BCUT2D eigenvalue weighted by Gasteiger charge is 2.67. The summed E-state index contributed by atoms with van der Waals surface area (Å²) in [6, 6.07) is 0. The number of rotatable bonds is 11. The van der Waals surface area contributed by atoms with Crippen molar-refractivity contribution in [1.29, 1.82) is 0 Å². The fraction of sp³-hybridized carbons (Fsp3) is 0.935. The van der Waals surface area contributed by atoms with Crippen LogP contribution in [0.15, 0.2) is 0 Å². The van der Waals surface area contributed by atoms with E-state index in [1.165, 1.54) is 0 Å². The summed E-state index contributed by atoms with van der Waals surface area (Å²) >= 11 is 0. The first-order chi connectivity index (χ1) is 21.5. The van der Waals surface area contributed by atoms with Gasteiger partial charge in [-0.3, -0.25) is 14.1 Å². The van der Waals surface area contributed by atoms with Gasteiger partial charge in [-0.05, 0) is 104 Å². The van der Waals surface area contributed by atoms with E-state index in [2.05, 4.69) is 18.6 Å². The molecule has 0 spiro atoms. The lowest BCUT2D eigenvalue weighted by atomic mass is 9.43. The van der Waals surface area contributed by atoms with Gasteiger partial charge in [0.1, 0.15) is 0 Å². The molecule has 4 aliphatic rings. The van der Waals surface area contributed by atoms with Gasteiger partial charge in [0.2, 0.25) is 0 Å². The van der Waals surface area contributed by atoms with Gasteiger partial charge in [-0.1, -0.05) is 20.8 Å². The van der Waals surface area contributed by atoms with Crippen LogP contribution in [0.3, 0.4) is 0 Å². The van der Waals surface area contributed by atoms with Crippen LogP contribution in [-0.4, -0.2) is 82.7 Å². The Labute approximate surface area is 271 Å². The molecule has 4 saturated carbocycles. The lowest BCUT2D eigenvalue weighted by Gasteiger charge is -2.63. The van der Waals surface area contributed by atoms with E-state index < -0.39 is 70.2 Å². The third kappa shape index (κ3) is 7.32. The molecule has 4 N–H and O–H groups in total. The number of alkyl halides is 5. The standard InChI is InChI=1S/C31H47F5O10S/c1-16(6-9-24(40)45-12-4-5-25(41)46-27(30(32,33)34)31(35,36)47(42,43)44)19-7-8-20-26-21(15-23(39)29(19,20)3)28(2)11-10-18(37)13-17(28)14-22(26)38/h16-23,26-27,37-39H,4-15H2,1-3H3,(H,42,43,44)/t16-,17+,18?,19-,20+,21+,22?,23?,26+,27?,28+,29-/m1/s1. The monoisotopic (exact) mass is 706 g/mol. The molecule has 16 heteroatoms. The molecule has 0 bridgehead atoms. The third-order valence-electron chi connectivity index (χ3n) is 12.3. The molecule has 0 aliphatic heterocycles. The number of aliphatic hydroxyl groups excluding tert-OH is 3. The zero-order chi connectivity index (χ0) is 35.3. The van der Waals surface area contributed by atoms with E-state index in [0.29, 0.717) is 25.7 Å². The minimum Gasteiger partial charge on any atom is -0.466 e. The van der Waals surface area contributed by atoms with Crippen LogP contribution < -0.4 is 0 Å². The minimum atomic E-state index is -6.55. The molecule has 47 heavy (non-hydrogen) atoms. The van der Waals surface area contributed by atoms with Crippen LogP contribution in [0.4, 0.5) is 22.0 Å². The van der Waals surface area contributed by atoms with Crippen LogP contribution in [0.25, 0.3) is 0 Å². The topological polar surface area (TPSA) is 168 Å². The fourth-order valence-corrected chi connectivity index (χ4v) is 10.3. The van der Waals surface area contributed by atoms with Crippen molar-refractivity contribution in [3.8, 4) is 0 Å². The number of aliphatic hydroxyl groups is 3. The molecule has 0 aromatic carbocycles. The Morgan fingerprint density at radius 1 is 0.936 bits per heavy atom. The maximum absolute atomic E-state index is 13.6. The molecule has 4 unspecified atom stereocenters. The number of carbonyl (C=O) groups is 2. The molecule has 4 fully saturated rings. The molecule has 0 radical (unpaired) electrons. The van der Waals surface area contributed by atoms with Crippen LogP contribution in [0.2, 0.25) is 0 Å². The van der Waals surface area contributed by atoms with Gasteiger partial charge in [0.05, 0.1) is 24.9 Å². The van der Waals surface area contributed by atoms with Crippen molar-refractivity contribution in [1.82, 2.24) is 0 Å². The maximum Gasteiger partial charge on any atom is 0.432 e. The van der Waals surface area contributed by atoms with Gasteiger partial charge in [0.25, 0.3) is 6.10 Å². The quantitative estimate of drug-likeness (QED) is 0.103. The van der Waals surface area contributed by atoms with Crippen molar-refractivity contribution >= 4 is 22.1 Å². The molecule has 0 heterocycles. The van der Waals surface area contributed by atoms with E-state index in [-0.39, 0.29) is 59.9 Å². The Balaban J connectivity index is 1.27. The zero-order valence-corrected chi connectivity index (χ0v) is 27.6. The molecule has 0 amide bonds. The van der Waals surface area contributed by atoms with Crippen molar-refractivity contribution in [3.05, 3.63) is 0 Å². The number of carbonyl (C=O) groups excluding carboxylic acids is 2. The second kappa shape index (κ2) is 13.6. The third-order valence-corrected chi connectivity index (χ3v) is 13.2. The van der Waals surface area contributed by atoms with Gasteiger partial charge in [0.15, 0.2) is 0 Å². The van der Waals surface area contributed by atoms with Crippen LogP contribution in [0.5, 0.6) is 0 Å². The van der Waals surface area contributed by atoms with Gasteiger partial charge < -0.3 is 24.8 Å². The smallest absolute Gasteiger partial charge is 0.432 e. The first kappa shape index (κ1) is 38.2. The first-order valence-electron chi connectivity index (χ1n) is 16.4. The molecule has 272 valence electrons. The molecular weight excluding hydrogens is 659 g/mol. The van der Waals surface area contributed by atoms with Crippen LogP contribution >= 0.6 is 0 Å². The average Bonchev–Trinajstić information content (AvgIpc) is 3.31. The van der Waals surface area contributed by atoms with Crippen LogP contribution in [0.1, 0.15) is 91.4 Å². The van der Waals surface area contributed by atoms with E-state index in [9.17, 15) is 55.3 Å². The largest absolute Gasteiger partial charge is 0.466 e. The summed E-state index contributed by atoms with van der Waals surface area (Å²) in [5.74, 6) is -1.91. The minimum absolute atomic E-state index is 0.00334. The zero-order valence-electron chi connectivity index (χ0n) is 26.8. The van der Waals surface area contributed by atoms with Crippen molar-refractivity contribution in [3.63, 3.8) is 0 Å². The Kier molecular flexibility index (Phi) is 11.0. The van der Waals surface area contributed by atoms with Crippen molar-refractivity contribution in [2.75, 3.05) is 6.61 Å². The van der Waals surface area contributed by atoms with Crippen molar-refractivity contribution in [2.24, 2.45) is 46.3 Å². The number of halogens is 5. The molecule has 4 rings (SSSR count). The fourth-order valence-electron chi connectivity index (χ4n) is 9.80. The Bertz CT molecular complexity index is 1260. The van der Waals surface area contributed by atoms with Crippen molar-refractivity contribution in [2.45, 2.75) is 127 Å². The highest BCUT2D eigenvalue weighted by molar-refractivity contribution is 7.86. The summed E-state index contributed by atoms with van der Waals surface area (Å²) in [5, 5.41) is 27.6. The number of hydrogen-bond acceptors (Lipinski definition) is 9. The molecular formula is C31H47F5O10S. The van der Waals surface area contributed by atoms with Gasteiger partial charge in [-0.15, -0.1) is 0 Å². The molecule has 0 saturated heterocycles. The maximum atomic E-state index is 13.6. The predicted molar refractivity (Wildman–Crippen MR) is 155 cm³/mol. The number of fused-ring (bicyclic) bond motifs is 5.